The zero-order valence-corrected chi connectivity index (χ0v) is 79.6. The average Bonchev–Trinajstić information content (AvgIpc) is 1.78. The highest BCUT2D eigenvalue weighted by molar-refractivity contribution is 6.31. The fraction of sp³-hybridized carbons (Fsp3) is 0.112. The van der Waals surface area contributed by atoms with Gasteiger partial charge in [-0.2, -0.15) is 0 Å². The summed E-state index contributed by atoms with van der Waals surface area (Å²) < 4.78 is 145. The first-order chi connectivity index (χ1) is 71.9. The van der Waals surface area contributed by atoms with Crippen LogP contribution in [0.25, 0.3) is 116 Å². The highest BCUT2D eigenvalue weighted by atomic mass is 35.5. The number of furan rings is 5. The third-order valence-corrected chi connectivity index (χ3v) is 20.9. The molecule has 0 aliphatic carbocycles. The minimum Gasteiger partial charge on any atom is -0.493 e. The summed E-state index contributed by atoms with van der Waals surface area (Å²) in [6, 6.07) is 73.8. The van der Waals surface area contributed by atoms with Gasteiger partial charge < -0.3 is 94.4 Å². The quantitative estimate of drug-likeness (QED) is 0.0261. The van der Waals surface area contributed by atoms with Crippen LogP contribution in [0.3, 0.4) is 0 Å². The molecule has 10 heterocycles. The van der Waals surface area contributed by atoms with Gasteiger partial charge in [0, 0.05) is 61.3 Å². The molecule has 0 aliphatic heterocycles. The lowest BCUT2D eigenvalue weighted by molar-refractivity contribution is -0.274. The molecule has 0 atom stereocenters. The minimum atomic E-state index is -4.97. The standard InChI is InChI=1S/C23H21N3O4.C22H19N3O4.C21H16ClN3O4.C21H16FN3O4.C20H11F4N3O4/c1-3-15-10-11-19(28-4-2)18(13-15)21(27)24-17-8-5-7-16(14-17)22-25-26-23(30-22)20-9-6-12-29-20;1-3-27-18-10-9-14(2)12-17(18)20(26)23-16-7-4-6-15(13-16)21-24-25-22(29-21)19-8-5-11-28-19;2*1-2-27-17-9-8-14(22)12-16(17)19(26)23-15-6-3-5-13(11-15)20-24-25-21(29-20)18-7-4-10-28-18;21-15-7-6-13(31-20(22,23)24)10-14(15)17(28)25-12-4-1-3-11(9-12)18-26-27-19(30-18)16-5-2-8-29-16/h5-14H,3-4H2,1-2H3,(H,24,27);4-13H,3H2,1-2H3,(H,23,26);2*3-12H,2H2,1H3,(H,23,26);1-10H,(H,25,28). The van der Waals surface area contributed by atoms with Crippen molar-refractivity contribution in [1.29, 1.82) is 0 Å². The monoisotopic (exact) mass is 2030 g/mol. The van der Waals surface area contributed by atoms with Gasteiger partial charge in [0.1, 0.15) is 40.4 Å². The topological polar surface area (TPSA) is 452 Å². The van der Waals surface area contributed by atoms with E-state index in [-0.39, 0.29) is 58.4 Å². The zero-order valence-electron chi connectivity index (χ0n) is 78.8. The van der Waals surface area contributed by atoms with Gasteiger partial charge in [0.25, 0.3) is 59.0 Å². The normalized spacial score (nSPS) is 10.8. The van der Waals surface area contributed by atoms with Gasteiger partial charge in [-0.25, -0.2) is 8.78 Å². The second-order valence-corrected chi connectivity index (χ2v) is 31.4. The first-order valence-corrected chi connectivity index (χ1v) is 45.6. The Morgan fingerprint density at radius 2 is 0.595 bits per heavy atom. The minimum absolute atomic E-state index is 0.107. The van der Waals surface area contributed by atoms with E-state index in [9.17, 15) is 45.9 Å². The molecule has 10 aromatic carbocycles. The molecule has 148 heavy (non-hydrogen) atoms. The molecule has 35 nitrogen and oxygen atoms in total. The van der Waals surface area contributed by atoms with Gasteiger partial charge in [0.05, 0.1) is 85.6 Å². The van der Waals surface area contributed by atoms with Crippen LogP contribution in [-0.2, 0) is 6.42 Å². The predicted molar refractivity (Wildman–Crippen MR) is 530 cm³/mol. The lowest BCUT2D eigenvalue weighted by Crippen LogP contribution is -2.18. The summed E-state index contributed by atoms with van der Waals surface area (Å²) in [5.74, 6) is 2.29. The molecule has 5 amide bonds. The summed E-state index contributed by atoms with van der Waals surface area (Å²) in [7, 11) is 0. The summed E-state index contributed by atoms with van der Waals surface area (Å²) in [4.78, 5) is 63.6. The summed E-state index contributed by atoms with van der Waals surface area (Å²) in [6.07, 6.45) is 3.43. The number of aryl methyl sites for hydroxylation is 2. The van der Waals surface area contributed by atoms with Crippen LogP contribution in [0.1, 0.15) is 97.5 Å². The molecule has 0 radical (unpaired) electrons. The van der Waals surface area contributed by atoms with Crippen molar-refractivity contribution >= 4 is 69.6 Å². The largest absolute Gasteiger partial charge is 0.573 e. The second kappa shape index (κ2) is 47.9. The number of carbonyl (C=O) groups excluding carboxylic acids is 5. The third kappa shape index (κ3) is 26.5. The molecule has 0 spiro atoms. The van der Waals surface area contributed by atoms with Crippen LogP contribution >= 0.6 is 11.6 Å². The number of nitrogens with one attached hydrogen (secondary N) is 5. The van der Waals surface area contributed by atoms with Crippen molar-refractivity contribution in [3.05, 3.63) is 360 Å². The van der Waals surface area contributed by atoms with Gasteiger partial charge >= 0.3 is 6.36 Å². The molecule has 20 aromatic rings. The summed E-state index contributed by atoms with van der Waals surface area (Å²) >= 11 is 6.04. The summed E-state index contributed by atoms with van der Waals surface area (Å²) in [5, 5.41) is 54.2. The third-order valence-electron chi connectivity index (χ3n) is 20.7. The van der Waals surface area contributed by atoms with E-state index in [1.165, 1.54) is 49.3 Å². The number of aromatic nitrogens is 10. The van der Waals surface area contributed by atoms with Crippen LogP contribution in [0.2, 0.25) is 5.02 Å². The molecule has 0 fully saturated rings. The number of halogens is 6. The van der Waals surface area contributed by atoms with Crippen molar-refractivity contribution in [2.45, 2.75) is 54.3 Å². The van der Waals surface area contributed by atoms with E-state index in [2.05, 4.69) is 82.3 Å². The molecule has 20 rings (SSSR count). The Kier molecular flexibility index (Phi) is 32.9. The molecule has 748 valence electrons. The van der Waals surface area contributed by atoms with Crippen LogP contribution in [0, 0.1) is 18.6 Å². The van der Waals surface area contributed by atoms with E-state index < -0.39 is 41.1 Å². The van der Waals surface area contributed by atoms with E-state index in [4.69, 9.17) is 74.7 Å². The number of nitrogens with zero attached hydrogens (tertiary/aromatic N) is 10. The fourth-order valence-corrected chi connectivity index (χ4v) is 14.2. The molecule has 0 bridgehead atoms. The van der Waals surface area contributed by atoms with Crippen molar-refractivity contribution in [2.24, 2.45) is 0 Å². The Labute approximate surface area is 841 Å². The summed E-state index contributed by atoms with van der Waals surface area (Å²) in [5.41, 5.74) is 8.42. The zero-order chi connectivity index (χ0) is 104. The van der Waals surface area contributed by atoms with E-state index in [1.807, 2.05) is 77.1 Å². The van der Waals surface area contributed by atoms with Crippen LogP contribution in [0.15, 0.2) is 348 Å². The second-order valence-electron chi connectivity index (χ2n) is 31.0. The smallest absolute Gasteiger partial charge is 0.493 e. The first-order valence-electron chi connectivity index (χ1n) is 45.2. The number of amides is 5. The summed E-state index contributed by atoms with van der Waals surface area (Å²) in [6.45, 7) is 13.1. The maximum absolute atomic E-state index is 14.0. The molecule has 5 N–H and O–H groups in total. The Morgan fingerprint density at radius 1 is 0.304 bits per heavy atom. The molecular formula is C107H83ClF5N15O20. The van der Waals surface area contributed by atoms with Gasteiger partial charge in [-0.05, 0) is 277 Å². The van der Waals surface area contributed by atoms with Crippen molar-refractivity contribution in [2.75, 3.05) is 53.0 Å². The van der Waals surface area contributed by atoms with E-state index in [0.29, 0.717) is 192 Å². The van der Waals surface area contributed by atoms with Gasteiger partial charge in [-0.3, -0.25) is 24.0 Å². The van der Waals surface area contributed by atoms with Gasteiger partial charge in [0.2, 0.25) is 29.5 Å². The van der Waals surface area contributed by atoms with E-state index in [1.54, 1.807) is 195 Å². The number of hydrogen-bond acceptors (Lipinski definition) is 30. The average molecular weight is 2030 g/mol. The Morgan fingerprint density at radius 3 is 0.905 bits per heavy atom. The van der Waals surface area contributed by atoms with Gasteiger partial charge in [-0.15, -0.1) is 64.2 Å². The fourth-order valence-electron chi connectivity index (χ4n) is 14.0. The SMILES string of the molecule is CCOc1ccc(C)cc1C(=O)Nc1cccc(-c2nnc(-c3ccco3)o2)c1.CCOc1ccc(CC)cc1C(=O)Nc1cccc(-c2nnc(-c3ccco3)o2)c1.CCOc1ccc(Cl)cc1C(=O)Nc1cccc(-c2nnc(-c3ccco3)o2)c1.CCOc1ccc(F)cc1C(=O)Nc1cccc(-c2nnc(-c3ccco3)o2)c1.O=C(Nc1cccc(-c2nnc(-c3ccco3)o2)c1)c1cc(OC(F)(F)F)ccc1F. The van der Waals surface area contributed by atoms with Crippen molar-refractivity contribution in [3.8, 4) is 144 Å². The molecule has 0 saturated heterocycles. The lowest BCUT2D eigenvalue weighted by atomic mass is 10.1. The molecule has 41 heteroatoms. The highest BCUT2D eigenvalue weighted by Crippen LogP contribution is 2.37. The van der Waals surface area contributed by atoms with Crippen molar-refractivity contribution in [1.82, 2.24) is 51.0 Å². The number of anilines is 5. The lowest BCUT2D eigenvalue weighted by Gasteiger charge is -2.12. The van der Waals surface area contributed by atoms with Crippen LogP contribution < -0.4 is 50.3 Å². The van der Waals surface area contributed by atoms with E-state index in [0.717, 1.165) is 29.7 Å². The molecular weight excluding hydrogens is 1950 g/mol. The maximum atomic E-state index is 14.0. The number of alkyl halides is 3. The number of carbonyl (C=O) groups is 5. The Balaban J connectivity index is 0.000000132. The Bertz CT molecular complexity index is 7490. The van der Waals surface area contributed by atoms with Crippen LogP contribution in [0.4, 0.5) is 50.4 Å². The predicted octanol–water partition coefficient (Wildman–Crippen LogP) is 25.5. The highest BCUT2D eigenvalue weighted by Gasteiger charge is 2.33. The molecule has 0 aliphatic rings. The van der Waals surface area contributed by atoms with Crippen LogP contribution in [-0.4, -0.2) is 113 Å². The van der Waals surface area contributed by atoms with Crippen molar-refractivity contribution in [3.63, 3.8) is 0 Å². The van der Waals surface area contributed by atoms with E-state index >= 15 is 0 Å². The van der Waals surface area contributed by atoms with Crippen LogP contribution in [0.5, 0.6) is 28.7 Å². The number of benzene rings is 10. The molecule has 0 saturated carbocycles. The number of ether oxygens (including phenoxy) is 5. The van der Waals surface area contributed by atoms with Gasteiger partial charge in [-0.1, -0.05) is 66.6 Å². The van der Waals surface area contributed by atoms with Gasteiger partial charge in [0.15, 0.2) is 28.8 Å². The molecule has 10 aromatic heterocycles. The molecule has 0 unspecified atom stereocenters. The Hall–Kier alpha value is -19.4. The number of hydrogen-bond donors (Lipinski definition) is 5. The first kappa shape index (κ1) is 102. The number of rotatable bonds is 30. The maximum Gasteiger partial charge on any atom is 0.573 e. The van der Waals surface area contributed by atoms with Crippen molar-refractivity contribution < 1.29 is 114 Å².